The summed E-state index contributed by atoms with van der Waals surface area (Å²) in [6, 6.07) is 8.12. The molecule has 2 aromatic rings. The Hall–Kier alpha value is -0.840. The summed E-state index contributed by atoms with van der Waals surface area (Å²) in [6.07, 6.45) is 0. The summed E-state index contributed by atoms with van der Waals surface area (Å²) in [5.74, 6) is 0. The monoisotopic (exact) mass is 355 g/mol. The van der Waals surface area contributed by atoms with Crippen molar-refractivity contribution in [2.45, 2.75) is 39.9 Å². The summed E-state index contributed by atoms with van der Waals surface area (Å²) < 4.78 is 3.10. The van der Waals surface area contributed by atoms with Crippen molar-refractivity contribution in [2.24, 2.45) is 0 Å². The zero-order valence-corrected chi connectivity index (χ0v) is 14.3. The van der Waals surface area contributed by atoms with Gasteiger partial charge < -0.3 is 5.32 Å². The van der Waals surface area contributed by atoms with Gasteiger partial charge in [-0.3, -0.25) is 4.68 Å². The van der Waals surface area contributed by atoms with Crippen LogP contribution in [-0.2, 0) is 13.1 Å². The molecule has 0 bridgehead atoms. The lowest BCUT2D eigenvalue weighted by molar-refractivity contribution is 0.530. The van der Waals surface area contributed by atoms with Crippen molar-refractivity contribution in [3.63, 3.8) is 0 Å². The third-order valence-corrected chi connectivity index (χ3v) is 4.78. The molecule has 108 valence electrons. The highest BCUT2D eigenvalue weighted by Gasteiger charge is 2.14. The first kappa shape index (κ1) is 15.5. The van der Waals surface area contributed by atoms with Gasteiger partial charge in [0.2, 0.25) is 0 Å². The molecule has 0 unspecified atom stereocenters. The molecule has 0 aliphatic rings. The van der Waals surface area contributed by atoms with Crippen LogP contribution in [0, 0.1) is 6.92 Å². The standard InChI is InChI=1S/C15H19BrClN3/c1-4-20-14(15(16)11(3)19-20)9-18-10(2)12-7-5-6-8-13(12)17/h5-8,10,18H,4,9H2,1-3H3/t10-/m0/s1. The summed E-state index contributed by atoms with van der Waals surface area (Å²) in [6.45, 7) is 7.84. The number of aryl methyl sites for hydroxylation is 2. The third kappa shape index (κ3) is 3.25. The van der Waals surface area contributed by atoms with Crippen molar-refractivity contribution in [3.8, 4) is 0 Å². The van der Waals surface area contributed by atoms with Crippen molar-refractivity contribution in [1.29, 1.82) is 0 Å². The number of benzene rings is 1. The minimum Gasteiger partial charge on any atom is -0.304 e. The lowest BCUT2D eigenvalue weighted by Gasteiger charge is -2.16. The summed E-state index contributed by atoms with van der Waals surface area (Å²) in [4.78, 5) is 0. The zero-order chi connectivity index (χ0) is 14.7. The molecule has 0 fully saturated rings. The number of halogens is 2. The molecular formula is C15H19BrClN3. The zero-order valence-electron chi connectivity index (χ0n) is 12.0. The Balaban J connectivity index is 2.11. The molecule has 0 aliphatic heterocycles. The Labute approximate surface area is 133 Å². The van der Waals surface area contributed by atoms with Gasteiger partial charge in [-0.05, 0) is 48.3 Å². The van der Waals surface area contributed by atoms with E-state index in [2.05, 4.69) is 46.3 Å². The highest BCUT2D eigenvalue weighted by atomic mass is 79.9. The van der Waals surface area contributed by atoms with Gasteiger partial charge in [-0.2, -0.15) is 5.10 Å². The molecule has 0 aliphatic carbocycles. The van der Waals surface area contributed by atoms with Crippen molar-refractivity contribution in [3.05, 3.63) is 50.7 Å². The summed E-state index contributed by atoms with van der Waals surface area (Å²) in [5, 5.41) is 8.81. The average Bonchev–Trinajstić information content (AvgIpc) is 2.72. The van der Waals surface area contributed by atoms with E-state index < -0.39 is 0 Å². The molecule has 1 aromatic heterocycles. The Morgan fingerprint density at radius 2 is 2.10 bits per heavy atom. The number of rotatable bonds is 5. The molecule has 0 radical (unpaired) electrons. The molecule has 0 saturated carbocycles. The molecule has 1 aromatic carbocycles. The second-order valence-corrected chi connectivity index (χ2v) is 5.99. The van der Waals surface area contributed by atoms with Gasteiger partial charge in [-0.25, -0.2) is 0 Å². The Morgan fingerprint density at radius 1 is 1.40 bits per heavy atom. The van der Waals surface area contributed by atoms with Crippen molar-refractivity contribution >= 4 is 27.5 Å². The molecular weight excluding hydrogens is 338 g/mol. The van der Waals surface area contributed by atoms with Crippen LogP contribution in [0.3, 0.4) is 0 Å². The van der Waals surface area contributed by atoms with Crippen molar-refractivity contribution < 1.29 is 0 Å². The Morgan fingerprint density at radius 3 is 2.75 bits per heavy atom. The van der Waals surface area contributed by atoms with E-state index in [9.17, 15) is 0 Å². The van der Waals surface area contributed by atoms with E-state index in [0.717, 1.165) is 33.8 Å². The van der Waals surface area contributed by atoms with Gasteiger partial charge in [0.1, 0.15) is 0 Å². The number of nitrogens with one attached hydrogen (secondary N) is 1. The molecule has 20 heavy (non-hydrogen) atoms. The first-order valence-corrected chi connectivity index (χ1v) is 7.91. The highest BCUT2D eigenvalue weighted by Crippen LogP contribution is 2.24. The average molecular weight is 357 g/mol. The van der Waals surface area contributed by atoms with Crippen LogP contribution in [0.25, 0.3) is 0 Å². The van der Waals surface area contributed by atoms with Gasteiger partial charge in [-0.1, -0.05) is 29.8 Å². The number of nitrogens with zero attached hydrogens (tertiary/aromatic N) is 2. The molecule has 2 rings (SSSR count). The highest BCUT2D eigenvalue weighted by molar-refractivity contribution is 9.10. The number of hydrogen-bond acceptors (Lipinski definition) is 2. The van der Waals surface area contributed by atoms with Gasteiger partial charge in [-0.15, -0.1) is 0 Å². The van der Waals surface area contributed by atoms with E-state index in [-0.39, 0.29) is 6.04 Å². The predicted molar refractivity (Wildman–Crippen MR) is 87.0 cm³/mol. The lowest BCUT2D eigenvalue weighted by atomic mass is 10.1. The topological polar surface area (TPSA) is 29.9 Å². The Kier molecular flexibility index (Phi) is 5.24. The fourth-order valence-corrected chi connectivity index (χ4v) is 2.95. The summed E-state index contributed by atoms with van der Waals surface area (Å²) in [7, 11) is 0. The molecule has 3 nitrogen and oxygen atoms in total. The van der Waals surface area contributed by atoms with E-state index in [1.807, 2.05) is 29.8 Å². The minimum atomic E-state index is 0.191. The fraction of sp³-hybridized carbons (Fsp3) is 0.400. The lowest BCUT2D eigenvalue weighted by Crippen LogP contribution is -2.20. The van der Waals surface area contributed by atoms with Crippen molar-refractivity contribution in [1.82, 2.24) is 15.1 Å². The Bertz CT molecular complexity index is 595. The van der Waals surface area contributed by atoms with Crippen LogP contribution < -0.4 is 5.32 Å². The molecule has 0 saturated heterocycles. The molecule has 1 atom stereocenters. The SMILES string of the molecule is CCn1nc(C)c(Br)c1CN[C@@H](C)c1ccccc1Cl. The van der Waals surface area contributed by atoms with Gasteiger partial charge in [0.05, 0.1) is 15.9 Å². The first-order chi connectivity index (χ1) is 9.54. The maximum absolute atomic E-state index is 6.23. The number of aromatic nitrogens is 2. The van der Waals surface area contributed by atoms with Crippen LogP contribution in [-0.4, -0.2) is 9.78 Å². The largest absolute Gasteiger partial charge is 0.304 e. The van der Waals surface area contributed by atoms with Crippen LogP contribution in [0.2, 0.25) is 5.02 Å². The second-order valence-electron chi connectivity index (χ2n) is 4.79. The molecule has 1 N–H and O–H groups in total. The minimum absolute atomic E-state index is 0.191. The van der Waals surface area contributed by atoms with Crippen molar-refractivity contribution in [2.75, 3.05) is 0 Å². The van der Waals surface area contributed by atoms with Crippen LogP contribution in [0.15, 0.2) is 28.7 Å². The second kappa shape index (κ2) is 6.74. The molecule has 1 heterocycles. The normalized spacial score (nSPS) is 12.7. The summed E-state index contributed by atoms with van der Waals surface area (Å²) >= 11 is 9.84. The third-order valence-electron chi connectivity index (χ3n) is 3.40. The molecule has 0 spiro atoms. The fourth-order valence-electron chi connectivity index (χ4n) is 2.22. The quantitative estimate of drug-likeness (QED) is 0.856. The van der Waals surface area contributed by atoms with Gasteiger partial charge in [0.25, 0.3) is 0 Å². The van der Waals surface area contributed by atoms with E-state index in [1.165, 1.54) is 5.69 Å². The first-order valence-electron chi connectivity index (χ1n) is 6.74. The van der Waals surface area contributed by atoms with Gasteiger partial charge >= 0.3 is 0 Å². The van der Waals surface area contributed by atoms with E-state index >= 15 is 0 Å². The maximum atomic E-state index is 6.23. The van der Waals surface area contributed by atoms with Gasteiger partial charge in [0, 0.05) is 24.2 Å². The molecule has 5 heteroatoms. The van der Waals surface area contributed by atoms with E-state index in [4.69, 9.17) is 11.6 Å². The van der Waals surface area contributed by atoms with Crippen LogP contribution in [0.1, 0.15) is 36.8 Å². The summed E-state index contributed by atoms with van der Waals surface area (Å²) in [5.41, 5.74) is 3.31. The number of hydrogen-bond donors (Lipinski definition) is 1. The van der Waals surface area contributed by atoms with E-state index in [1.54, 1.807) is 0 Å². The van der Waals surface area contributed by atoms with Crippen LogP contribution >= 0.6 is 27.5 Å². The van der Waals surface area contributed by atoms with Crippen LogP contribution in [0.4, 0.5) is 0 Å². The predicted octanol–water partition coefficient (Wildman–Crippen LogP) is 4.48. The maximum Gasteiger partial charge on any atom is 0.0739 e. The molecule has 0 amide bonds. The van der Waals surface area contributed by atoms with Gasteiger partial charge in [0.15, 0.2) is 0 Å². The smallest absolute Gasteiger partial charge is 0.0739 e. The van der Waals surface area contributed by atoms with E-state index in [0.29, 0.717) is 0 Å². The van der Waals surface area contributed by atoms with Crippen LogP contribution in [0.5, 0.6) is 0 Å².